The summed E-state index contributed by atoms with van der Waals surface area (Å²) in [7, 11) is 0. The lowest BCUT2D eigenvalue weighted by Gasteiger charge is -2.29. The Morgan fingerprint density at radius 3 is 1.58 bits per heavy atom. The van der Waals surface area contributed by atoms with Crippen molar-refractivity contribution < 1.29 is 29.2 Å². The summed E-state index contributed by atoms with van der Waals surface area (Å²) in [6.45, 7) is 2.88. The van der Waals surface area contributed by atoms with E-state index in [4.69, 9.17) is 18.9 Å². The van der Waals surface area contributed by atoms with Crippen LogP contribution in [0.25, 0.3) is 0 Å². The van der Waals surface area contributed by atoms with Crippen molar-refractivity contribution in [3.8, 4) is 0 Å². The van der Waals surface area contributed by atoms with Crippen molar-refractivity contribution in [2.75, 3.05) is 53.1 Å². The molecule has 4 aliphatic heterocycles. The van der Waals surface area contributed by atoms with Gasteiger partial charge in [0.1, 0.15) is 25.9 Å². The summed E-state index contributed by atoms with van der Waals surface area (Å²) in [5.74, 6) is 0. The molecule has 8 nitrogen and oxygen atoms in total. The molecule has 0 aromatic heterocycles. The molecule has 4 aliphatic rings. The van der Waals surface area contributed by atoms with Crippen LogP contribution in [0.5, 0.6) is 0 Å². The Bertz CT molecular complexity index is 615. The average Bonchev–Trinajstić information content (AvgIpc) is 3.41. The van der Waals surface area contributed by atoms with E-state index in [1.165, 1.54) is 0 Å². The van der Waals surface area contributed by atoms with E-state index < -0.39 is 11.1 Å². The van der Waals surface area contributed by atoms with Crippen LogP contribution in [-0.4, -0.2) is 84.2 Å². The van der Waals surface area contributed by atoms with Crippen LogP contribution >= 0.6 is 0 Å². The van der Waals surface area contributed by atoms with Crippen molar-refractivity contribution >= 4 is 0 Å². The van der Waals surface area contributed by atoms with Gasteiger partial charge < -0.3 is 29.2 Å². The van der Waals surface area contributed by atoms with E-state index in [0.717, 1.165) is 11.1 Å². The standard InChI is InChI=1S/C18H24N2O6/c21-5-17-7-23-11-19(17)15(25-9-17)13-1-2-14(4-3-13)16-20-12-24-8-18(20,6-22)10-26-16/h1-4,15-16,21-22H,5-12H2/t15-,16+,17+,18-. The summed E-state index contributed by atoms with van der Waals surface area (Å²) in [4.78, 5) is 4.17. The molecule has 4 atom stereocenters. The third-order valence-corrected chi connectivity index (χ3v) is 6.10. The fourth-order valence-electron chi connectivity index (χ4n) is 4.38. The Morgan fingerprint density at radius 1 is 0.769 bits per heavy atom. The zero-order valence-electron chi connectivity index (χ0n) is 14.5. The van der Waals surface area contributed by atoms with Gasteiger partial charge >= 0.3 is 0 Å². The highest BCUT2D eigenvalue weighted by molar-refractivity contribution is 5.28. The average molecular weight is 364 g/mol. The SMILES string of the molecule is OC[C@@]12COCN1[C@@H](c1ccc([C@@H]3OC[C@@]4(CO)COCN34)cc1)OC2. The molecule has 1 aromatic carbocycles. The fraction of sp³-hybridized carbons (Fsp3) is 0.667. The summed E-state index contributed by atoms with van der Waals surface area (Å²) < 4.78 is 23.0. The minimum absolute atomic E-state index is 0.0235. The van der Waals surface area contributed by atoms with E-state index in [1.807, 2.05) is 24.3 Å². The van der Waals surface area contributed by atoms with Gasteiger partial charge in [0, 0.05) is 0 Å². The zero-order chi connectivity index (χ0) is 17.8. The second-order valence-electron chi connectivity index (χ2n) is 7.65. The van der Waals surface area contributed by atoms with Crippen molar-refractivity contribution in [1.82, 2.24) is 9.80 Å². The molecule has 0 spiro atoms. The zero-order valence-corrected chi connectivity index (χ0v) is 14.5. The molecular weight excluding hydrogens is 340 g/mol. The van der Waals surface area contributed by atoms with Crippen LogP contribution in [0.2, 0.25) is 0 Å². The van der Waals surface area contributed by atoms with Crippen molar-refractivity contribution in [3.05, 3.63) is 35.4 Å². The summed E-state index contributed by atoms with van der Waals surface area (Å²) in [6.07, 6.45) is -0.426. The van der Waals surface area contributed by atoms with Crippen LogP contribution in [0, 0.1) is 0 Å². The molecule has 1 aromatic rings. The lowest BCUT2D eigenvalue weighted by molar-refractivity contribution is -0.00920. The minimum Gasteiger partial charge on any atom is -0.394 e. The first-order chi connectivity index (χ1) is 12.7. The van der Waals surface area contributed by atoms with E-state index in [9.17, 15) is 10.2 Å². The summed E-state index contributed by atoms with van der Waals surface area (Å²) >= 11 is 0. The molecule has 0 saturated carbocycles. The topological polar surface area (TPSA) is 83.9 Å². The molecule has 0 unspecified atom stereocenters. The Hall–Kier alpha value is -1.10. The van der Waals surface area contributed by atoms with Gasteiger partial charge in [-0.05, 0) is 11.1 Å². The predicted octanol–water partition coefficient (Wildman–Crippen LogP) is -0.214. The van der Waals surface area contributed by atoms with Gasteiger partial charge in [0.05, 0.1) is 50.7 Å². The maximum Gasteiger partial charge on any atom is 0.139 e. The summed E-state index contributed by atoms with van der Waals surface area (Å²) in [5.41, 5.74) is 1.20. The molecule has 2 N–H and O–H groups in total. The van der Waals surface area contributed by atoms with Gasteiger partial charge in [0.15, 0.2) is 0 Å². The van der Waals surface area contributed by atoms with Crippen molar-refractivity contribution in [3.63, 3.8) is 0 Å². The van der Waals surface area contributed by atoms with Gasteiger partial charge in [-0.25, -0.2) is 9.80 Å². The second kappa shape index (κ2) is 6.22. The lowest BCUT2D eigenvalue weighted by Crippen LogP contribution is -2.47. The number of hydrogen-bond donors (Lipinski definition) is 2. The first-order valence-corrected chi connectivity index (χ1v) is 8.95. The number of benzene rings is 1. The van der Waals surface area contributed by atoms with E-state index >= 15 is 0 Å². The van der Waals surface area contributed by atoms with Crippen molar-refractivity contribution in [1.29, 1.82) is 0 Å². The van der Waals surface area contributed by atoms with Crippen LogP contribution in [0.1, 0.15) is 23.6 Å². The monoisotopic (exact) mass is 364 g/mol. The second-order valence-corrected chi connectivity index (χ2v) is 7.65. The first-order valence-electron chi connectivity index (χ1n) is 8.95. The molecule has 4 saturated heterocycles. The molecular formula is C18H24N2O6. The highest BCUT2D eigenvalue weighted by atomic mass is 16.6. The lowest BCUT2D eigenvalue weighted by atomic mass is 10.0. The predicted molar refractivity (Wildman–Crippen MR) is 88.8 cm³/mol. The third-order valence-electron chi connectivity index (χ3n) is 6.10. The Kier molecular flexibility index (Phi) is 4.07. The molecule has 4 fully saturated rings. The Labute approximate surface area is 151 Å². The van der Waals surface area contributed by atoms with Crippen LogP contribution in [0.4, 0.5) is 0 Å². The number of aliphatic hydroxyl groups excluding tert-OH is 2. The molecule has 8 heteroatoms. The van der Waals surface area contributed by atoms with Gasteiger partial charge in [0.25, 0.3) is 0 Å². The number of rotatable bonds is 4. The van der Waals surface area contributed by atoms with Crippen molar-refractivity contribution in [2.24, 2.45) is 0 Å². The highest BCUT2D eigenvalue weighted by Gasteiger charge is 2.53. The van der Waals surface area contributed by atoms with Crippen LogP contribution in [0.3, 0.4) is 0 Å². The number of aliphatic hydroxyl groups is 2. The van der Waals surface area contributed by atoms with Gasteiger partial charge in [-0.2, -0.15) is 0 Å². The van der Waals surface area contributed by atoms with Crippen LogP contribution in [0.15, 0.2) is 24.3 Å². The van der Waals surface area contributed by atoms with Crippen LogP contribution in [-0.2, 0) is 18.9 Å². The normalized spacial score (nSPS) is 40.2. The molecule has 0 amide bonds. The largest absolute Gasteiger partial charge is 0.394 e. The number of nitrogens with zero attached hydrogens (tertiary/aromatic N) is 2. The van der Waals surface area contributed by atoms with Gasteiger partial charge in [0.2, 0.25) is 0 Å². The summed E-state index contributed by atoms with van der Waals surface area (Å²) in [5, 5.41) is 19.5. The molecule has 142 valence electrons. The molecule has 0 radical (unpaired) electrons. The van der Waals surface area contributed by atoms with Gasteiger partial charge in [-0.1, -0.05) is 24.3 Å². The van der Waals surface area contributed by atoms with Crippen LogP contribution < -0.4 is 0 Å². The highest BCUT2D eigenvalue weighted by Crippen LogP contribution is 2.42. The maximum atomic E-state index is 9.76. The molecule has 5 rings (SSSR count). The van der Waals surface area contributed by atoms with Gasteiger partial charge in [-0.3, -0.25) is 0 Å². The molecule has 0 bridgehead atoms. The number of hydrogen-bond acceptors (Lipinski definition) is 8. The molecule has 0 aliphatic carbocycles. The van der Waals surface area contributed by atoms with E-state index in [0.29, 0.717) is 39.9 Å². The molecule has 26 heavy (non-hydrogen) atoms. The first kappa shape index (κ1) is 17.0. The number of ether oxygens (including phenoxy) is 4. The van der Waals surface area contributed by atoms with E-state index in [2.05, 4.69) is 9.80 Å². The Balaban J connectivity index is 1.36. The van der Waals surface area contributed by atoms with E-state index in [-0.39, 0.29) is 25.7 Å². The van der Waals surface area contributed by atoms with Crippen molar-refractivity contribution in [2.45, 2.75) is 23.5 Å². The fourth-order valence-corrected chi connectivity index (χ4v) is 4.38. The smallest absolute Gasteiger partial charge is 0.139 e. The summed E-state index contributed by atoms with van der Waals surface area (Å²) in [6, 6.07) is 8.13. The van der Waals surface area contributed by atoms with Gasteiger partial charge in [-0.15, -0.1) is 0 Å². The quantitative estimate of drug-likeness (QED) is 0.759. The maximum absolute atomic E-state index is 9.76. The third kappa shape index (κ3) is 2.31. The minimum atomic E-state index is -0.425. The molecule has 4 heterocycles. The van der Waals surface area contributed by atoms with E-state index in [1.54, 1.807) is 0 Å². The number of fused-ring (bicyclic) bond motifs is 2. The Morgan fingerprint density at radius 2 is 1.19 bits per heavy atom.